The Labute approximate surface area is 121 Å². The molecule has 0 fully saturated rings. The Morgan fingerprint density at radius 1 is 1.42 bits per heavy atom. The van der Waals surface area contributed by atoms with E-state index in [9.17, 15) is 13.2 Å². The average Bonchev–Trinajstić information content (AvgIpc) is 2.65. The number of carbonyl (C=O) groups excluding carboxylic acids is 1. The molecule has 0 saturated heterocycles. The first-order chi connectivity index (χ1) is 8.70. The molecule has 0 aliphatic heterocycles. The molecule has 1 amide bonds. The molecule has 0 spiro atoms. The van der Waals surface area contributed by atoms with E-state index in [-0.39, 0.29) is 25.0 Å². The van der Waals surface area contributed by atoms with Crippen molar-refractivity contribution >= 4 is 31.9 Å². The highest BCUT2D eigenvalue weighted by atomic mass is 79.9. The fraction of sp³-hybridized carbons (Fsp3) is 0.545. The molecule has 0 radical (unpaired) electrons. The second kappa shape index (κ2) is 6.53. The van der Waals surface area contributed by atoms with Gasteiger partial charge in [0.2, 0.25) is 10.0 Å². The summed E-state index contributed by atoms with van der Waals surface area (Å²) in [6, 6.07) is 1.90. The zero-order valence-electron chi connectivity index (χ0n) is 11.1. The lowest BCUT2D eigenvalue weighted by Gasteiger charge is -2.12. The number of hydrogen-bond donors (Lipinski definition) is 2. The van der Waals surface area contributed by atoms with Gasteiger partial charge in [-0.25, -0.2) is 13.1 Å². The Bertz CT molecular complexity index is 552. The zero-order valence-corrected chi connectivity index (χ0v) is 13.5. The molecule has 19 heavy (non-hydrogen) atoms. The Morgan fingerprint density at radius 2 is 2.05 bits per heavy atom. The molecule has 8 heteroatoms. The number of amides is 1. The van der Waals surface area contributed by atoms with E-state index >= 15 is 0 Å². The van der Waals surface area contributed by atoms with Crippen LogP contribution in [-0.2, 0) is 10.0 Å². The van der Waals surface area contributed by atoms with Gasteiger partial charge in [-0.15, -0.1) is 0 Å². The first-order valence-electron chi connectivity index (χ1n) is 5.81. The van der Waals surface area contributed by atoms with Crippen LogP contribution in [-0.4, -0.2) is 38.2 Å². The second-order valence-corrected chi connectivity index (χ2v) is 7.22. The van der Waals surface area contributed by atoms with Gasteiger partial charge < -0.3 is 9.88 Å². The van der Waals surface area contributed by atoms with E-state index < -0.39 is 10.0 Å². The molecule has 0 aromatic carbocycles. The van der Waals surface area contributed by atoms with Gasteiger partial charge in [0, 0.05) is 29.8 Å². The first kappa shape index (κ1) is 16.2. The van der Waals surface area contributed by atoms with E-state index in [0.29, 0.717) is 5.69 Å². The molecule has 1 heterocycles. The van der Waals surface area contributed by atoms with Gasteiger partial charge in [0.05, 0.1) is 6.26 Å². The van der Waals surface area contributed by atoms with Crippen molar-refractivity contribution in [2.24, 2.45) is 0 Å². The fourth-order valence-corrected chi connectivity index (χ4v) is 2.47. The Kier molecular flexibility index (Phi) is 5.57. The van der Waals surface area contributed by atoms with E-state index in [4.69, 9.17) is 0 Å². The van der Waals surface area contributed by atoms with Gasteiger partial charge >= 0.3 is 0 Å². The van der Waals surface area contributed by atoms with Gasteiger partial charge in [-0.3, -0.25) is 4.79 Å². The van der Waals surface area contributed by atoms with E-state index in [0.717, 1.165) is 10.7 Å². The largest absolute Gasteiger partial charge is 0.349 e. The van der Waals surface area contributed by atoms with Crippen LogP contribution in [0.3, 0.4) is 0 Å². The van der Waals surface area contributed by atoms with Gasteiger partial charge in [-0.05, 0) is 35.8 Å². The van der Waals surface area contributed by atoms with Crippen LogP contribution in [0.4, 0.5) is 0 Å². The van der Waals surface area contributed by atoms with Crippen molar-refractivity contribution < 1.29 is 13.2 Å². The monoisotopic (exact) mass is 351 g/mol. The lowest BCUT2D eigenvalue weighted by atomic mass is 10.3. The summed E-state index contributed by atoms with van der Waals surface area (Å²) in [7, 11) is -3.22. The molecule has 0 aliphatic carbocycles. The maximum atomic E-state index is 12.0. The molecule has 0 saturated carbocycles. The minimum atomic E-state index is -3.22. The molecule has 1 aromatic heterocycles. The normalized spacial score (nSPS) is 11.8. The van der Waals surface area contributed by atoms with Crippen LogP contribution in [0.5, 0.6) is 0 Å². The molecule has 0 aliphatic rings. The first-order valence-corrected chi connectivity index (χ1v) is 8.49. The van der Waals surface area contributed by atoms with Crippen LogP contribution >= 0.6 is 15.9 Å². The van der Waals surface area contributed by atoms with Crippen molar-refractivity contribution in [2.45, 2.75) is 19.9 Å². The summed E-state index contributed by atoms with van der Waals surface area (Å²) >= 11 is 3.34. The van der Waals surface area contributed by atoms with Crippen molar-refractivity contribution in [2.75, 3.05) is 19.3 Å². The number of halogens is 1. The van der Waals surface area contributed by atoms with Crippen LogP contribution in [0.15, 0.2) is 16.7 Å². The summed E-state index contributed by atoms with van der Waals surface area (Å²) in [6.45, 7) is 4.38. The highest BCUT2D eigenvalue weighted by molar-refractivity contribution is 9.10. The third kappa shape index (κ3) is 5.33. The van der Waals surface area contributed by atoms with Crippen molar-refractivity contribution in [3.63, 3.8) is 0 Å². The maximum absolute atomic E-state index is 12.0. The number of aromatic nitrogens is 1. The van der Waals surface area contributed by atoms with Crippen molar-refractivity contribution in [1.82, 2.24) is 14.6 Å². The maximum Gasteiger partial charge on any atom is 0.268 e. The van der Waals surface area contributed by atoms with Gasteiger partial charge in [0.1, 0.15) is 5.69 Å². The number of nitrogens with zero attached hydrogens (tertiary/aromatic N) is 1. The van der Waals surface area contributed by atoms with Crippen molar-refractivity contribution in [1.29, 1.82) is 0 Å². The highest BCUT2D eigenvalue weighted by Crippen LogP contribution is 2.19. The third-order valence-electron chi connectivity index (χ3n) is 2.38. The minimum Gasteiger partial charge on any atom is -0.349 e. The third-order valence-corrected chi connectivity index (χ3v) is 3.54. The van der Waals surface area contributed by atoms with Crippen LogP contribution in [0, 0.1) is 0 Å². The quantitative estimate of drug-likeness (QED) is 0.753. The summed E-state index contributed by atoms with van der Waals surface area (Å²) in [5.74, 6) is -0.227. The summed E-state index contributed by atoms with van der Waals surface area (Å²) in [6.07, 6.45) is 2.92. The van der Waals surface area contributed by atoms with E-state index in [1.807, 2.05) is 24.6 Å². The number of carbonyl (C=O) groups is 1. The minimum absolute atomic E-state index is 0.168. The predicted molar refractivity (Wildman–Crippen MR) is 77.7 cm³/mol. The molecule has 0 unspecified atom stereocenters. The van der Waals surface area contributed by atoms with Crippen molar-refractivity contribution in [3.8, 4) is 0 Å². The topological polar surface area (TPSA) is 80.2 Å². The average molecular weight is 352 g/mol. The molecular formula is C11H18BrN3O3S. The lowest BCUT2D eigenvalue weighted by molar-refractivity contribution is 0.0943. The molecule has 6 nitrogen and oxygen atoms in total. The van der Waals surface area contributed by atoms with Gasteiger partial charge in [0.15, 0.2) is 0 Å². The molecule has 0 atom stereocenters. The molecule has 1 aromatic rings. The Hall–Kier alpha value is -0.860. The van der Waals surface area contributed by atoms with Crippen molar-refractivity contribution in [3.05, 3.63) is 22.4 Å². The second-order valence-electron chi connectivity index (χ2n) is 4.47. The zero-order chi connectivity index (χ0) is 14.6. The molecule has 0 bridgehead atoms. The van der Waals surface area contributed by atoms with Gasteiger partial charge in [0.25, 0.3) is 5.91 Å². The molecule has 1 rings (SSSR count). The van der Waals surface area contributed by atoms with Crippen LogP contribution in [0.1, 0.15) is 30.4 Å². The van der Waals surface area contributed by atoms with Crippen LogP contribution in [0.2, 0.25) is 0 Å². The highest BCUT2D eigenvalue weighted by Gasteiger charge is 2.14. The van der Waals surface area contributed by atoms with Crippen LogP contribution in [0.25, 0.3) is 0 Å². The molecule has 2 N–H and O–H groups in total. The van der Waals surface area contributed by atoms with Gasteiger partial charge in [-0.1, -0.05) is 0 Å². The molecule has 108 valence electrons. The lowest BCUT2D eigenvalue weighted by Crippen LogP contribution is -2.35. The van der Waals surface area contributed by atoms with E-state index in [1.54, 1.807) is 6.07 Å². The molecular weight excluding hydrogens is 334 g/mol. The smallest absolute Gasteiger partial charge is 0.268 e. The predicted octanol–water partition coefficient (Wildman–Crippen LogP) is 1.11. The number of rotatable bonds is 6. The fourth-order valence-electron chi connectivity index (χ4n) is 1.56. The SMILES string of the molecule is CC(C)n1cc(Br)cc1C(=O)NCCNS(C)(=O)=O. The summed E-state index contributed by atoms with van der Waals surface area (Å²) in [4.78, 5) is 12.0. The summed E-state index contributed by atoms with van der Waals surface area (Å²) < 4.78 is 26.7. The summed E-state index contributed by atoms with van der Waals surface area (Å²) in [5.41, 5.74) is 0.543. The number of sulfonamides is 1. The van der Waals surface area contributed by atoms with E-state index in [2.05, 4.69) is 26.0 Å². The Balaban J connectivity index is 2.59. The number of nitrogens with one attached hydrogen (secondary N) is 2. The van der Waals surface area contributed by atoms with Gasteiger partial charge in [-0.2, -0.15) is 0 Å². The summed E-state index contributed by atoms with van der Waals surface area (Å²) in [5, 5.41) is 2.67. The van der Waals surface area contributed by atoms with E-state index in [1.165, 1.54) is 0 Å². The number of hydrogen-bond acceptors (Lipinski definition) is 3. The van der Waals surface area contributed by atoms with Crippen LogP contribution < -0.4 is 10.0 Å². The Morgan fingerprint density at radius 3 is 2.58 bits per heavy atom. The standard InChI is InChI=1S/C11H18BrN3O3S/c1-8(2)15-7-9(12)6-10(15)11(16)13-4-5-14-19(3,17)18/h6-8,14H,4-5H2,1-3H3,(H,13,16).